The third kappa shape index (κ3) is 2.47. The number of nitrogens with zero attached hydrogens (tertiary/aromatic N) is 1. The predicted molar refractivity (Wildman–Crippen MR) is 57.1 cm³/mol. The first kappa shape index (κ1) is 11.0. The molecule has 0 bridgehead atoms. The lowest BCUT2D eigenvalue weighted by Gasteiger charge is -2.00. The smallest absolute Gasteiger partial charge is 0.243 e. The SMILES string of the molecule is C/C(=C/c1c(Cl)cccc1Cl)[N+](=O)[O-]. The fourth-order valence-electron chi connectivity index (χ4n) is 0.910. The molecule has 0 aliphatic rings. The van der Waals surface area contributed by atoms with E-state index in [1.165, 1.54) is 13.0 Å². The van der Waals surface area contributed by atoms with Crippen LogP contribution in [-0.2, 0) is 0 Å². The second-order valence-corrected chi connectivity index (χ2v) is 3.49. The minimum atomic E-state index is -0.486. The zero-order valence-electron chi connectivity index (χ0n) is 7.33. The Morgan fingerprint density at radius 3 is 2.36 bits per heavy atom. The first-order valence-electron chi connectivity index (χ1n) is 3.79. The summed E-state index contributed by atoms with van der Waals surface area (Å²) in [5.41, 5.74) is 0.477. The highest BCUT2D eigenvalue weighted by Gasteiger charge is 2.07. The quantitative estimate of drug-likeness (QED) is 0.577. The Kier molecular flexibility index (Phi) is 3.49. The van der Waals surface area contributed by atoms with Crippen molar-refractivity contribution in [3.05, 3.63) is 49.6 Å². The lowest BCUT2D eigenvalue weighted by Crippen LogP contribution is -1.93. The Bertz CT molecular complexity index is 382. The summed E-state index contributed by atoms with van der Waals surface area (Å²) in [7, 11) is 0. The number of rotatable bonds is 2. The van der Waals surface area contributed by atoms with Gasteiger partial charge in [0.25, 0.3) is 0 Å². The van der Waals surface area contributed by atoms with Crippen LogP contribution in [0.15, 0.2) is 23.9 Å². The van der Waals surface area contributed by atoms with Gasteiger partial charge in [-0.15, -0.1) is 0 Å². The summed E-state index contributed by atoms with van der Waals surface area (Å²) in [5.74, 6) is 0. The van der Waals surface area contributed by atoms with E-state index in [0.29, 0.717) is 15.6 Å². The highest BCUT2D eigenvalue weighted by Crippen LogP contribution is 2.26. The zero-order valence-corrected chi connectivity index (χ0v) is 8.84. The molecule has 3 nitrogen and oxygen atoms in total. The number of benzene rings is 1. The number of hydrogen-bond acceptors (Lipinski definition) is 2. The van der Waals surface area contributed by atoms with Crippen molar-refractivity contribution in [1.29, 1.82) is 0 Å². The molecule has 0 aliphatic carbocycles. The molecule has 0 heterocycles. The predicted octanol–water partition coefficient (Wildman–Crippen LogP) is 3.63. The van der Waals surface area contributed by atoms with Crippen LogP contribution in [0.4, 0.5) is 0 Å². The molecule has 0 saturated heterocycles. The van der Waals surface area contributed by atoms with Crippen LogP contribution in [0.25, 0.3) is 6.08 Å². The molecule has 0 saturated carbocycles. The average molecular weight is 232 g/mol. The molecule has 1 aromatic rings. The number of nitro groups is 1. The molecule has 0 amide bonds. The van der Waals surface area contributed by atoms with Gasteiger partial charge in [0.1, 0.15) is 0 Å². The monoisotopic (exact) mass is 231 g/mol. The van der Waals surface area contributed by atoms with Gasteiger partial charge in [-0.2, -0.15) is 0 Å². The Hall–Kier alpha value is -1.06. The first-order chi connectivity index (χ1) is 6.52. The molecule has 0 aromatic heterocycles. The molecule has 5 heteroatoms. The van der Waals surface area contributed by atoms with Crippen molar-refractivity contribution >= 4 is 29.3 Å². The van der Waals surface area contributed by atoms with Gasteiger partial charge in [-0.3, -0.25) is 10.1 Å². The van der Waals surface area contributed by atoms with E-state index in [-0.39, 0.29) is 5.70 Å². The van der Waals surface area contributed by atoms with Crippen LogP contribution in [0.5, 0.6) is 0 Å². The Morgan fingerprint density at radius 2 is 1.93 bits per heavy atom. The summed E-state index contributed by atoms with van der Waals surface area (Å²) in [5, 5.41) is 11.2. The lowest BCUT2D eigenvalue weighted by molar-refractivity contribution is -0.422. The molecule has 1 aromatic carbocycles. The zero-order chi connectivity index (χ0) is 10.7. The molecular formula is C9H7Cl2NO2. The van der Waals surface area contributed by atoms with E-state index in [9.17, 15) is 10.1 Å². The third-order valence-corrected chi connectivity index (χ3v) is 2.30. The number of allylic oxidation sites excluding steroid dienone is 1. The van der Waals surface area contributed by atoms with Crippen molar-refractivity contribution < 1.29 is 4.92 Å². The van der Waals surface area contributed by atoms with E-state index in [2.05, 4.69) is 0 Å². The fourth-order valence-corrected chi connectivity index (χ4v) is 1.42. The van der Waals surface area contributed by atoms with Gasteiger partial charge in [-0.05, 0) is 12.1 Å². The van der Waals surface area contributed by atoms with E-state index >= 15 is 0 Å². The number of halogens is 2. The average Bonchev–Trinajstić information content (AvgIpc) is 2.11. The van der Waals surface area contributed by atoms with Crippen molar-refractivity contribution in [3.8, 4) is 0 Å². The van der Waals surface area contributed by atoms with Gasteiger partial charge >= 0.3 is 0 Å². The van der Waals surface area contributed by atoms with Gasteiger partial charge in [0.15, 0.2) is 0 Å². The van der Waals surface area contributed by atoms with Crippen molar-refractivity contribution in [2.75, 3.05) is 0 Å². The van der Waals surface area contributed by atoms with E-state index in [1.54, 1.807) is 18.2 Å². The van der Waals surface area contributed by atoms with Crippen LogP contribution in [0.2, 0.25) is 10.0 Å². The van der Waals surface area contributed by atoms with Crippen LogP contribution in [0.3, 0.4) is 0 Å². The molecule has 0 radical (unpaired) electrons. The molecule has 14 heavy (non-hydrogen) atoms. The molecule has 0 unspecified atom stereocenters. The summed E-state index contributed by atoms with van der Waals surface area (Å²) >= 11 is 11.7. The highest BCUT2D eigenvalue weighted by atomic mass is 35.5. The Morgan fingerprint density at radius 1 is 1.43 bits per heavy atom. The summed E-state index contributed by atoms with van der Waals surface area (Å²) in [4.78, 5) is 9.89. The molecule has 0 N–H and O–H groups in total. The topological polar surface area (TPSA) is 43.1 Å². The van der Waals surface area contributed by atoms with E-state index in [0.717, 1.165) is 0 Å². The van der Waals surface area contributed by atoms with Crippen LogP contribution >= 0.6 is 23.2 Å². The second-order valence-electron chi connectivity index (χ2n) is 2.68. The van der Waals surface area contributed by atoms with Crippen molar-refractivity contribution in [2.45, 2.75) is 6.92 Å². The normalized spacial score (nSPS) is 11.5. The minimum Gasteiger partial charge on any atom is -0.259 e. The van der Waals surface area contributed by atoms with Crippen LogP contribution in [0, 0.1) is 10.1 Å². The summed E-state index contributed by atoms with van der Waals surface area (Å²) < 4.78 is 0. The molecule has 0 atom stereocenters. The van der Waals surface area contributed by atoms with Gasteiger partial charge in [0.05, 0.1) is 4.92 Å². The van der Waals surface area contributed by atoms with Crippen LogP contribution < -0.4 is 0 Å². The molecule has 0 fully saturated rings. The second kappa shape index (κ2) is 4.44. The van der Waals surface area contributed by atoms with Gasteiger partial charge in [0, 0.05) is 28.6 Å². The Labute approximate surface area is 91.1 Å². The van der Waals surface area contributed by atoms with Crippen LogP contribution in [-0.4, -0.2) is 4.92 Å². The maximum absolute atomic E-state index is 10.4. The van der Waals surface area contributed by atoms with Gasteiger partial charge < -0.3 is 0 Å². The maximum Gasteiger partial charge on any atom is 0.243 e. The standard InChI is InChI=1S/C9H7Cl2NO2/c1-6(12(13)14)5-7-8(10)3-2-4-9(7)11/h2-5H,1H3/b6-5-. The lowest BCUT2D eigenvalue weighted by atomic mass is 10.2. The summed E-state index contributed by atoms with van der Waals surface area (Å²) in [6.07, 6.45) is 1.35. The van der Waals surface area contributed by atoms with E-state index in [1.807, 2.05) is 0 Å². The van der Waals surface area contributed by atoms with Gasteiger partial charge in [0.2, 0.25) is 5.70 Å². The highest BCUT2D eigenvalue weighted by molar-refractivity contribution is 6.37. The molecular weight excluding hydrogens is 225 g/mol. The van der Waals surface area contributed by atoms with Gasteiger partial charge in [-0.1, -0.05) is 29.3 Å². The molecule has 0 aliphatic heterocycles. The van der Waals surface area contributed by atoms with Crippen LogP contribution in [0.1, 0.15) is 12.5 Å². The largest absolute Gasteiger partial charge is 0.259 e. The minimum absolute atomic E-state index is 0.000000000000000222. The van der Waals surface area contributed by atoms with E-state index in [4.69, 9.17) is 23.2 Å². The van der Waals surface area contributed by atoms with Crippen molar-refractivity contribution in [2.24, 2.45) is 0 Å². The summed E-state index contributed by atoms with van der Waals surface area (Å²) in [6.45, 7) is 1.39. The first-order valence-corrected chi connectivity index (χ1v) is 4.54. The molecule has 74 valence electrons. The van der Waals surface area contributed by atoms with Gasteiger partial charge in [-0.25, -0.2) is 0 Å². The van der Waals surface area contributed by atoms with Crippen molar-refractivity contribution in [3.63, 3.8) is 0 Å². The van der Waals surface area contributed by atoms with Crippen molar-refractivity contribution in [1.82, 2.24) is 0 Å². The summed E-state index contributed by atoms with van der Waals surface area (Å²) in [6, 6.07) is 4.95. The Balaban J connectivity index is 3.20. The molecule has 1 rings (SSSR count). The van der Waals surface area contributed by atoms with E-state index < -0.39 is 4.92 Å². The fraction of sp³-hybridized carbons (Fsp3) is 0.111. The molecule has 0 spiro atoms. The maximum atomic E-state index is 10.4. The number of hydrogen-bond donors (Lipinski definition) is 0. The third-order valence-electron chi connectivity index (χ3n) is 1.64.